The Bertz CT molecular complexity index is 778. The smallest absolute Gasteiger partial charge is 0.254 e. The van der Waals surface area contributed by atoms with Gasteiger partial charge in [-0.1, -0.05) is 0 Å². The van der Waals surface area contributed by atoms with Crippen LogP contribution in [0.15, 0.2) is 30.5 Å². The molecule has 3 heterocycles. The highest BCUT2D eigenvalue weighted by molar-refractivity contribution is 5.95. The molecule has 2 aliphatic heterocycles. The molecule has 0 bridgehead atoms. The van der Waals surface area contributed by atoms with Gasteiger partial charge in [0.25, 0.3) is 5.91 Å². The van der Waals surface area contributed by atoms with Gasteiger partial charge in [0.05, 0.1) is 0 Å². The summed E-state index contributed by atoms with van der Waals surface area (Å²) in [6.07, 6.45) is 2.67. The minimum absolute atomic E-state index is 0.0159. The van der Waals surface area contributed by atoms with Gasteiger partial charge >= 0.3 is 0 Å². The first kappa shape index (κ1) is 14.9. The van der Waals surface area contributed by atoms with Crippen molar-refractivity contribution in [2.24, 2.45) is 0 Å². The van der Waals surface area contributed by atoms with Crippen LogP contribution in [0.1, 0.15) is 34.2 Å². The second-order valence-corrected chi connectivity index (χ2v) is 6.15. The molecule has 124 valence electrons. The number of ether oxygens (including phenoxy) is 2. The Kier molecular flexibility index (Phi) is 3.80. The first-order valence-corrected chi connectivity index (χ1v) is 8.19. The molecular formula is C18H19N3O3. The van der Waals surface area contributed by atoms with E-state index in [2.05, 4.69) is 9.97 Å². The second-order valence-electron chi connectivity index (χ2n) is 6.15. The van der Waals surface area contributed by atoms with Crippen molar-refractivity contribution in [1.82, 2.24) is 14.9 Å². The molecule has 0 N–H and O–H groups in total. The van der Waals surface area contributed by atoms with Gasteiger partial charge in [-0.25, -0.2) is 9.97 Å². The van der Waals surface area contributed by atoms with Crippen LogP contribution < -0.4 is 9.47 Å². The summed E-state index contributed by atoms with van der Waals surface area (Å²) in [6, 6.07) is 7.26. The third kappa shape index (κ3) is 2.79. The maximum atomic E-state index is 12.8. The summed E-state index contributed by atoms with van der Waals surface area (Å²) in [6.45, 7) is 4.38. The topological polar surface area (TPSA) is 64.6 Å². The van der Waals surface area contributed by atoms with Crippen LogP contribution in [-0.4, -0.2) is 47.1 Å². The molecule has 6 nitrogen and oxygen atoms in total. The number of hydrogen-bond acceptors (Lipinski definition) is 5. The van der Waals surface area contributed by atoms with E-state index in [0.717, 1.165) is 24.5 Å². The molecule has 2 aromatic rings. The van der Waals surface area contributed by atoms with Gasteiger partial charge in [-0.05, 0) is 37.6 Å². The van der Waals surface area contributed by atoms with Crippen LogP contribution in [-0.2, 0) is 0 Å². The van der Waals surface area contributed by atoms with Crippen molar-refractivity contribution in [2.45, 2.75) is 19.3 Å². The number of carbonyl (C=O) groups excluding carboxylic acids is 1. The van der Waals surface area contributed by atoms with Crippen LogP contribution in [0.3, 0.4) is 0 Å². The van der Waals surface area contributed by atoms with E-state index in [9.17, 15) is 4.79 Å². The first-order valence-electron chi connectivity index (χ1n) is 8.19. The maximum Gasteiger partial charge on any atom is 0.254 e. The van der Waals surface area contributed by atoms with Gasteiger partial charge in [0.15, 0.2) is 11.5 Å². The molecule has 0 aliphatic carbocycles. The lowest BCUT2D eigenvalue weighted by atomic mass is 10.1. The van der Waals surface area contributed by atoms with E-state index in [1.165, 1.54) is 0 Å². The van der Waals surface area contributed by atoms with Crippen molar-refractivity contribution in [1.29, 1.82) is 0 Å². The minimum atomic E-state index is 0.0159. The number of rotatable bonds is 2. The average Bonchev–Trinajstić information content (AvgIpc) is 3.11. The van der Waals surface area contributed by atoms with Gasteiger partial charge in [0.2, 0.25) is 0 Å². The molecule has 0 saturated carbocycles. The fraction of sp³-hybridized carbons (Fsp3) is 0.389. The molecule has 1 atom stereocenters. The van der Waals surface area contributed by atoms with E-state index >= 15 is 0 Å². The van der Waals surface area contributed by atoms with Crippen molar-refractivity contribution >= 4 is 5.91 Å². The Hall–Kier alpha value is -2.63. The Balaban J connectivity index is 1.49. The number of hydrogen-bond donors (Lipinski definition) is 0. The molecule has 2 aliphatic rings. The molecule has 1 aromatic carbocycles. The zero-order valence-electron chi connectivity index (χ0n) is 13.6. The minimum Gasteiger partial charge on any atom is -0.486 e. The van der Waals surface area contributed by atoms with E-state index in [4.69, 9.17) is 9.47 Å². The molecule has 0 spiro atoms. The number of benzene rings is 1. The van der Waals surface area contributed by atoms with Gasteiger partial charge in [-0.15, -0.1) is 0 Å². The van der Waals surface area contributed by atoms with Crippen molar-refractivity contribution in [3.05, 3.63) is 47.5 Å². The summed E-state index contributed by atoms with van der Waals surface area (Å²) in [5.41, 5.74) is 1.58. The summed E-state index contributed by atoms with van der Waals surface area (Å²) in [4.78, 5) is 23.5. The summed E-state index contributed by atoms with van der Waals surface area (Å²) in [5, 5.41) is 0. The summed E-state index contributed by atoms with van der Waals surface area (Å²) >= 11 is 0. The quantitative estimate of drug-likeness (QED) is 0.847. The van der Waals surface area contributed by atoms with E-state index in [1.54, 1.807) is 24.4 Å². The second kappa shape index (κ2) is 6.11. The zero-order valence-corrected chi connectivity index (χ0v) is 13.6. The fourth-order valence-corrected chi connectivity index (χ4v) is 3.18. The zero-order chi connectivity index (χ0) is 16.5. The number of aromatic nitrogens is 2. The summed E-state index contributed by atoms with van der Waals surface area (Å²) in [7, 11) is 0. The van der Waals surface area contributed by atoms with Crippen LogP contribution in [0.25, 0.3) is 0 Å². The maximum absolute atomic E-state index is 12.8. The average molecular weight is 325 g/mol. The third-order valence-electron chi connectivity index (χ3n) is 4.44. The monoisotopic (exact) mass is 325 g/mol. The van der Waals surface area contributed by atoms with Crippen LogP contribution >= 0.6 is 0 Å². The lowest BCUT2D eigenvalue weighted by molar-refractivity contribution is 0.0789. The molecule has 0 radical (unpaired) electrons. The Labute approximate surface area is 140 Å². The predicted molar refractivity (Wildman–Crippen MR) is 87.5 cm³/mol. The molecule has 1 saturated heterocycles. The number of carbonyl (C=O) groups is 1. The van der Waals surface area contributed by atoms with E-state index in [1.807, 2.05) is 17.9 Å². The van der Waals surface area contributed by atoms with Gasteiger partial charge < -0.3 is 14.4 Å². The number of nitrogens with zero attached hydrogens (tertiary/aromatic N) is 3. The van der Waals surface area contributed by atoms with Crippen molar-refractivity contribution in [2.75, 3.05) is 26.3 Å². The van der Waals surface area contributed by atoms with E-state index < -0.39 is 0 Å². The normalized spacial score (nSPS) is 19.4. The Morgan fingerprint density at radius 3 is 2.88 bits per heavy atom. The van der Waals surface area contributed by atoms with Gasteiger partial charge in [-0.2, -0.15) is 0 Å². The molecule has 0 unspecified atom stereocenters. The Morgan fingerprint density at radius 1 is 1.21 bits per heavy atom. The number of likely N-dealkylation sites (tertiary alicyclic amines) is 1. The molecule has 6 heteroatoms. The van der Waals surface area contributed by atoms with Crippen LogP contribution in [0, 0.1) is 6.92 Å². The van der Waals surface area contributed by atoms with Crippen LogP contribution in [0.2, 0.25) is 0 Å². The largest absolute Gasteiger partial charge is 0.486 e. The molecule has 1 aromatic heterocycles. The molecule has 1 amide bonds. The lowest BCUT2D eigenvalue weighted by Crippen LogP contribution is -2.29. The Morgan fingerprint density at radius 2 is 2.04 bits per heavy atom. The van der Waals surface area contributed by atoms with Crippen molar-refractivity contribution in [3.8, 4) is 11.5 Å². The first-order chi connectivity index (χ1) is 11.7. The molecule has 4 rings (SSSR count). The van der Waals surface area contributed by atoms with Gasteiger partial charge in [-0.3, -0.25) is 4.79 Å². The number of aryl methyl sites for hydroxylation is 1. The molecular weight excluding hydrogens is 306 g/mol. The van der Waals surface area contributed by atoms with Crippen LogP contribution in [0.5, 0.6) is 11.5 Å². The SMILES string of the molecule is Cc1ccnc([C@H]2CCN(C(=O)c3ccc4c(c3)OCCO4)C2)n1. The highest BCUT2D eigenvalue weighted by atomic mass is 16.6. The summed E-state index contributed by atoms with van der Waals surface area (Å²) < 4.78 is 11.1. The highest BCUT2D eigenvalue weighted by Gasteiger charge is 2.30. The van der Waals surface area contributed by atoms with Crippen molar-refractivity contribution in [3.63, 3.8) is 0 Å². The molecule has 24 heavy (non-hydrogen) atoms. The summed E-state index contributed by atoms with van der Waals surface area (Å²) in [5.74, 6) is 2.38. The van der Waals surface area contributed by atoms with E-state index in [-0.39, 0.29) is 11.8 Å². The predicted octanol–water partition coefficient (Wildman–Crippen LogP) is 2.19. The molecule has 1 fully saturated rings. The third-order valence-corrected chi connectivity index (χ3v) is 4.44. The number of amides is 1. The van der Waals surface area contributed by atoms with Crippen molar-refractivity contribution < 1.29 is 14.3 Å². The highest BCUT2D eigenvalue weighted by Crippen LogP contribution is 2.32. The van der Waals surface area contributed by atoms with Crippen LogP contribution in [0.4, 0.5) is 0 Å². The standard InChI is InChI=1S/C18H19N3O3/c1-12-4-6-19-17(20-12)14-5-7-21(11-14)18(22)13-2-3-15-16(10-13)24-9-8-23-15/h2-4,6,10,14H,5,7-9,11H2,1H3/t14-/m0/s1. The van der Waals surface area contributed by atoms with E-state index in [0.29, 0.717) is 36.8 Å². The van der Waals surface area contributed by atoms with Gasteiger partial charge in [0, 0.05) is 36.5 Å². The number of fused-ring (bicyclic) bond motifs is 1. The fourth-order valence-electron chi connectivity index (χ4n) is 3.18. The van der Waals surface area contributed by atoms with Gasteiger partial charge in [0.1, 0.15) is 19.0 Å². The lowest BCUT2D eigenvalue weighted by Gasteiger charge is -2.20.